The van der Waals surface area contributed by atoms with Crippen molar-refractivity contribution in [2.24, 2.45) is 0 Å². The number of para-hydroxylation sites is 1. The molecule has 2 aromatic rings. The van der Waals surface area contributed by atoms with E-state index >= 15 is 0 Å². The zero-order chi connectivity index (χ0) is 19.3. The van der Waals surface area contributed by atoms with E-state index in [1.54, 1.807) is 0 Å². The lowest BCUT2D eigenvalue weighted by atomic mass is 10.1. The Morgan fingerprint density at radius 3 is 2.33 bits per heavy atom. The minimum absolute atomic E-state index is 0.129. The molecule has 3 heteroatoms. The number of benzene rings is 2. The van der Waals surface area contributed by atoms with Crippen molar-refractivity contribution in [2.75, 3.05) is 0 Å². The molecule has 0 radical (unpaired) electrons. The van der Waals surface area contributed by atoms with Gasteiger partial charge in [-0.2, -0.15) is 0 Å². The lowest BCUT2D eigenvalue weighted by Gasteiger charge is -2.18. The van der Waals surface area contributed by atoms with Crippen LogP contribution in [0.15, 0.2) is 54.6 Å². The predicted molar refractivity (Wildman–Crippen MR) is 110 cm³/mol. The standard InChI is InChI=1S/C24H32O3/c1-3-4-5-6-7-11-18-24(25)27-20(2)22-16-12-13-17-23(22)26-19-21-14-9-8-10-15-21/h8-10,12-17,20H,3-7,11,18-19H2,1-2H3. The fourth-order valence-electron chi connectivity index (χ4n) is 3.05. The maximum Gasteiger partial charge on any atom is 0.306 e. The molecule has 3 nitrogen and oxygen atoms in total. The molecule has 0 bridgehead atoms. The van der Waals surface area contributed by atoms with Gasteiger partial charge in [-0.25, -0.2) is 0 Å². The number of hydrogen-bond acceptors (Lipinski definition) is 3. The van der Waals surface area contributed by atoms with Gasteiger partial charge in [0.25, 0.3) is 0 Å². The molecule has 2 rings (SSSR count). The van der Waals surface area contributed by atoms with Gasteiger partial charge in [0.2, 0.25) is 0 Å². The van der Waals surface area contributed by atoms with Crippen LogP contribution in [0.3, 0.4) is 0 Å². The maximum atomic E-state index is 12.1. The molecule has 0 heterocycles. The van der Waals surface area contributed by atoms with E-state index in [1.807, 2.05) is 61.5 Å². The van der Waals surface area contributed by atoms with E-state index in [0.717, 1.165) is 29.7 Å². The van der Waals surface area contributed by atoms with Crippen molar-refractivity contribution in [2.45, 2.75) is 71.5 Å². The average Bonchev–Trinajstić information content (AvgIpc) is 2.70. The van der Waals surface area contributed by atoms with E-state index in [0.29, 0.717) is 13.0 Å². The second-order valence-electron chi connectivity index (χ2n) is 6.96. The van der Waals surface area contributed by atoms with Gasteiger partial charge in [-0.05, 0) is 25.0 Å². The molecule has 2 aromatic carbocycles. The summed E-state index contributed by atoms with van der Waals surface area (Å²) >= 11 is 0. The normalized spacial score (nSPS) is 11.8. The fraction of sp³-hybridized carbons (Fsp3) is 0.458. The topological polar surface area (TPSA) is 35.5 Å². The van der Waals surface area contributed by atoms with Crippen LogP contribution in [0.4, 0.5) is 0 Å². The van der Waals surface area contributed by atoms with Gasteiger partial charge in [-0.1, -0.05) is 87.6 Å². The molecule has 27 heavy (non-hydrogen) atoms. The second kappa shape index (κ2) is 12.2. The van der Waals surface area contributed by atoms with Crippen molar-refractivity contribution >= 4 is 5.97 Å². The third-order valence-corrected chi connectivity index (χ3v) is 4.64. The van der Waals surface area contributed by atoms with Gasteiger partial charge in [0.15, 0.2) is 0 Å². The Morgan fingerprint density at radius 1 is 0.889 bits per heavy atom. The lowest BCUT2D eigenvalue weighted by Crippen LogP contribution is -2.10. The molecule has 0 aliphatic heterocycles. The number of unbranched alkanes of at least 4 members (excludes halogenated alkanes) is 5. The van der Waals surface area contributed by atoms with Crippen LogP contribution < -0.4 is 4.74 Å². The van der Waals surface area contributed by atoms with Crippen LogP contribution in [-0.2, 0) is 16.1 Å². The van der Waals surface area contributed by atoms with Gasteiger partial charge in [0, 0.05) is 12.0 Å². The molecule has 0 fully saturated rings. The number of ether oxygens (including phenoxy) is 2. The Hall–Kier alpha value is -2.29. The zero-order valence-electron chi connectivity index (χ0n) is 16.7. The predicted octanol–water partition coefficient (Wildman–Crippen LogP) is 6.62. The van der Waals surface area contributed by atoms with Crippen LogP contribution in [0, 0.1) is 0 Å². The molecule has 1 unspecified atom stereocenters. The number of hydrogen-bond donors (Lipinski definition) is 0. The molecular weight excluding hydrogens is 336 g/mol. The first-order chi connectivity index (χ1) is 13.2. The van der Waals surface area contributed by atoms with Gasteiger partial charge in [0.1, 0.15) is 18.5 Å². The summed E-state index contributed by atoms with van der Waals surface area (Å²) < 4.78 is 11.6. The molecule has 0 N–H and O–H groups in total. The zero-order valence-corrected chi connectivity index (χ0v) is 16.7. The SMILES string of the molecule is CCCCCCCCC(=O)OC(C)c1ccccc1OCc1ccccc1. The van der Waals surface area contributed by atoms with Crippen LogP contribution in [0.5, 0.6) is 5.75 Å². The second-order valence-corrected chi connectivity index (χ2v) is 6.96. The van der Waals surface area contributed by atoms with Gasteiger partial charge in [0.05, 0.1) is 0 Å². The van der Waals surface area contributed by atoms with E-state index in [4.69, 9.17) is 9.47 Å². The Morgan fingerprint density at radius 2 is 1.56 bits per heavy atom. The molecule has 0 saturated carbocycles. The van der Waals surface area contributed by atoms with Crippen LogP contribution in [-0.4, -0.2) is 5.97 Å². The van der Waals surface area contributed by atoms with Gasteiger partial charge >= 0.3 is 5.97 Å². The minimum atomic E-state index is -0.315. The molecule has 0 saturated heterocycles. The molecule has 146 valence electrons. The minimum Gasteiger partial charge on any atom is -0.488 e. The molecule has 1 atom stereocenters. The number of esters is 1. The highest BCUT2D eigenvalue weighted by Gasteiger charge is 2.16. The van der Waals surface area contributed by atoms with E-state index in [2.05, 4.69) is 6.92 Å². The largest absolute Gasteiger partial charge is 0.488 e. The summed E-state index contributed by atoms with van der Waals surface area (Å²) in [5.74, 6) is 0.636. The van der Waals surface area contributed by atoms with Crippen LogP contribution in [0.1, 0.15) is 76.0 Å². The Balaban J connectivity index is 1.81. The molecule has 0 aliphatic rings. The lowest BCUT2D eigenvalue weighted by molar-refractivity contribution is -0.148. The Bertz CT molecular complexity index is 666. The van der Waals surface area contributed by atoms with E-state index in [9.17, 15) is 4.79 Å². The molecule has 0 aromatic heterocycles. The highest BCUT2D eigenvalue weighted by atomic mass is 16.5. The van der Waals surface area contributed by atoms with Crippen LogP contribution >= 0.6 is 0 Å². The quantitative estimate of drug-likeness (QED) is 0.312. The Kier molecular flexibility index (Phi) is 9.47. The number of carbonyl (C=O) groups excluding carboxylic acids is 1. The fourth-order valence-corrected chi connectivity index (χ4v) is 3.05. The van der Waals surface area contributed by atoms with Crippen molar-refractivity contribution in [1.82, 2.24) is 0 Å². The summed E-state index contributed by atoms with van der Waals surface area (Å²) in [6.45, 7) is 4.61. The third kappa shape index (κ3) is 7.86. The third-order valence-electron chi connectivity index (χ3n) is 4.64. The molecular formula is C24H32O3. The van der Waals surface area contributed by atoms with Crippen molar-refractivity contribution in [3.8, 4) is 5.75 Å². The van der Waals surface area contributed by atoms with Crippen molar-refractivity contribution in [3.63, 3.8) is 0 Å². The van der Waals surface area contributed by atoms with E-state index in [-0.39, 0.29) is 12.1 Å². The molecule has 0 aliphatic carbocycles. The summed E-state index contributed by atoms with van der Waals surface area (Å²) in [5.41, 5.74) is 2.02. The van der Waals surface area contributed by atoms with Crippen LogP contribution in [0.25, 0.3) is 0 Å². The van der Waals surface area contributed by atoms with Crippen LogP contribution in [0.2, 0.25) is 0 Å². The monoisotopic (exact) mass is 368 g/mol. The van der Waals surface area contributed by atoms with Crippen molar-refractivity contribution < 1.29 is 14.3 Å². The van der Waals surface area contributed by atoms with Gasteiger partial charge < -0.3 is 9.47 Å². The van der Waals surface area contributed by atoms with Crippen molar-refractivity contribution in [1.29, 1.82) is 0 Å². The molecule has 0 amide bonds. The average molecular weight is 369 g/mol. The number of rotatable bonds is 12. The summed E-state index contributed by atoms with van der Waals surface area (Å²) in [7, 11) is 0. The first kappa shape index (κ1) is 21.0. The van der Waals surface area contributed by atoms with E-state index in [1.165, 1.54) is 25.7 Å². The molecule has 0 spiro atoms. The highest BCUT2D eigenvalue weighted by molar-refractivity contribution is 5.69. The van der Waals surface area contributed by atoms with Gasteiger partial charge in [-0.15, -0.1) is 0 Å². The van der Waals surface area contributed by atoms with Gasteiger partial charge in [-0.3, -0.25) is 4.79 Å². The first-order valence-corrected chi connectivity index (χ1v) is 10.2. The maximum absolute atomic E-state index is 12.1. The van der Waals surface area contributed by atoms with Crippen molar-refractivity contribution in [3.05, 3.63) is 65.7 Å². The summed E-state index contributed by atoms with van der Waals surface area (Å²) in [6.07, 6.45) is 7.16. The highest BCUT2D eigenvalue weighted by Crippen LogP contribution is 2.28. The first-order valence-electron chi connectivity index (χ1n) is 10.2. The van der Waals surface area contributed by atoms with E-state index < -0.39 is 0 Å². The number of carbonyl (C=O) groups is 1. The Labute approximate surface area is 163 Å². The summed E-state index contributed by atoms with van der Waals surface area (Å²) in [6, 6.07) is 17.8. The smallest absolute Gasteiger partial charge is 0.306 e. The summed E-state index contributed by atoms with van der Waals surface area (Å²) in [4.78, 5) is 12.1. The summed E-state index contributed by atoms with van der Waals surface area (Å²) in [5, 5.41) is 0.